The first kappa shape index (κ1) is 12.7. The van der Waals surface area contributed by atoms with Crippen LogP contribution in [0.15, 0.2) is 30.3 Å². The summed E-state index contributed by atoms with van der Waals surface area (Å²) in [6.07, 6.45) is 7.40. The van der Waals surface area contributed by atoms with Crippen molar-refractivity contribution in [3.63, 3.8) is 0 Å². The number of nitrogens with one attached hydrogen (secondary N) is 1. The van der Waals surface area contributed by atoms with Crippen LogP contribution in [-0.4, -0.2) is 12.6 Å². The summed E-state index contributed by atoms with van der Waals surface area (Å²) in [5, 5.41) is 3.53. The summed E-state index contributed by atoms with van der Waals surface area (Å²) in [5.41, 5.74) is 7.79. The van der Waals surface area contributed by atoms with Gasteiger partial charge in [0.25, 0.3) is 0 Å². The van der Waals surface area contributed by atoms with E-state index < -0.39 is 0 Å². The third kappa shape index (κ3) is 2.24. The molecule has 0 radical (unpaired) electrons. The second kappa shape index (κ2) is 5.07. The van der Waals surface area contributed by atoms with Gasteiger partial charge in [-0.3, -0.25) is 0 Å². The van der Waals surface area contributed by atoms with E-state index in [2.05, 4.69) is 35.6 Å². The Morgan fingerprint density at radius 3 is 2.15 bits per heavy atom. The van der Waals surface area contributed by atoms with E-state index in [0.717, 1.165) is 36.1 Å². The fourth-order valence-corrected chi connectivity index (χ4v) is 5.59. The smallest absolute Gasteiger partial charge is 0.0340 e. The highest BCUT2D eigenvalue weighted by Crippen LogP contribution is 2.57. The van der Waals surface area contributed by atoms with Crippen LogP contribution in [0.1, 0.15) is 32.1 Å². The van der Waals surface area contributed by atoms with Gasteiger partial charge in [0.15, 0.2) is 0 Å². The molecular formula is C18H26N2. The number of anilines is 1. The van der Waals surface area contributed by atoms with Gasteiger partial charge < -0.3 is 11.1 Å². The van der Waals surface area contributed by atoms with Crippen molar-refractivity contribution in [2.45, 2.75) is 38.1 Å². The molecule has 1 unspecified atom stereocenters. The first-order chi connectivity index (χ1) is 9.79. The van der Waals surface area contributed by atoms with Crippen LogP contribution in [-0.2, 0) is 0 Å². The fourth-order valence-electron chi connectivity index (χ4n) is 5.59. The van der Waals surface area contributed by atoms with Gasteiger partial charge in [0.05, 0.1) is 0 Å². The van der Waals surface area contributed by atoms with Crippen LogP contribution in [0.25, 0.3) is 0 Å². The molecule has 4 fully saturated rings. The van der Waals surface area contributed by atoms with Crippen molar-refractivity contribution >= 4 is 5.69 Å². The molecule has 0 heterocycles. The van der Waals surface area contributed by atoms with Crippen LogP contribution < -0.4 is 11.1 Å². The molecule has 1 aromatic rings. The van der Waals surface area contributed by atoms with Crippen LogP contribution in [0.3, 0.4) is 0 Å². The average molecular weight is 270 g/mol. The number of hydrogen-bond acceptors (Lipinski definition) is 2. The highest BCUT2D eigenvalue weighted by atomic mass is 14.9. The zero-order valence-corrected chi connectivity index (χ0v) is 12.2. The van der Waals surface area contributed by atoms with Gasteiger partial charge in [-0.05, 0) is 73.8 Å². The Bertz CT molecular complexity index is 428. The van der Waals surface area contributed by atoms with Gasteiger partial charge in [0.1, 0.15) is 0 Å². The summed E-state index contributed by atoms with van der Waals surface area (Å²) in [6.45, 7) is 0.928. The molecule has 2 nitrogen and oxygen atoms in total. The molecule has 0 aromatic heterocycles. The molecule has 4 bridgehead atoms. The van der Waals surface area contributed by atoms with Gasteiger partial charge >= 0.3 is 0 Å². The molecule has 3 N–H and O–H groups in total. The van der Waals surface area contributed by atoms with E-state index in [9.17, 15) is 0 Å². The standard InChI is InChI=1S/C18H26N2/c19-17(11-20-16-4-2-1-3-5-16)18-14-7-12-6-13(9-14)10-15(18)8-12/h1-5,12-15,17-18,20H,6-11,19H2. The van der Waals surface area contributed by atoms with Gasteiger partial charge in [-0.1, -0.05) is 18.2 Å². The van der Waals surface area contributed by atoms with Crippen molar-refractivity contribution in [1.29, 1.82) is 0 Å². The Kier molecular flexibility index (Phi) is 3.22. The Labute approximate surface area is 122 Å². The van der Waals surface area contributed by atoms with Crippen LogP contribution in [0, 0.1) is 29.6 Å². The van der Waals surface area contributed by atoms with E-state index in [1.165, 1.54) is 37.8 Å². The van der Waals surface area contributed by atoms with Crippen molar-refractivity contribution in [1.82, 2.24) is 0 Å². The largest absolute Gasteiger partial charge is 0.383 e. The molecule has 108 valence electrons. The second-order valence-electron chi connectivity index (χ2n) is 7.42. The summed E-state index contributed by atoms with van der Waals surface area (Å²) < 4.78 is 0. The highest BCUT2D eigenvalue weighted by Gasteiger charge is 2.49. The molecule has 4 aliphatic carbocycles. The lowest BCUT2D eigenvalue weighted by Gasteiger charge is -2.56. The van der Waals surface area contributed by atoms with Crippen LogP contribution in [0.4, 0.5) is 5.69 Å². The minimum Gasteiger partial charge on any atom is -0.383 e. The monoisotopic (exact) mass is 270 g/mol. The minimum absolute atomic E-state index is 0.324. The quantitative estimate of drug-likeness (QED) is 0.879. The van der Waals surface area contributed by atoms with Gasteiger partial charge in [-0.15, -0.1) is 0 Å². The Morgan fingerprint density at radius 2 is 1.55 bits per heavy atom. The number of para-hydroxylation sites is 1. The zero-order valence-electron chi connectivity index (χ0n) is 12.2. The number of rotatable bonds is 4. The molecule has 4 aliphatic rings. The van der Waals surface area contributed by atoms with Crippen LogP contribution in [0.2, 0.25) is 0 Å². The molecule has 1 aromatic carbocycles. The molecule has 5 rings (SSSR count). The van der Waals surface area contributed by atoms with Crippen molar-refractivity contribution < 1.29 is 0 Å². The summed E-state index contributed by atoms with van der Waals surface area (Å²) in [4.78, 5) is 0. The lowest BCUT2D eigenvalue weighted by Crippen LogP contribution is -2.53. The summed E-state index contributed by atoms with van der Waals surface area (Å²) >= 11 is 0. The van der Waals surface area contributed by atoms with E-state index in [1.54, 1.807) is 0 Å². The van der Waals surface area contributed by atoms with Crippen LogP contribution >= 0.6 is 0 Å². The summed E-state index contributed by atoms with van der Waals surface area (Å²) in [6, 6.07) is 10.8. The lowest BCUT2D eigenvalue weighted by atomic mass is 9.50. The first-order valence-corrected chi connectivity index (χ1v) is 8.34. The maximum atomic E-state index is 6.58. The number of hydrogen-bond donors (Lipinski definition) is 2. The molecule has 2 heteroatoms. The van der Waals surface area contributed by atoms with Crippen LogP contribution in [0.5, 0.6) is 0 Å². The Morgan fingerprint density at radius 1 is 0.950 bits per heavy atom. The maximum Gasteiger partial charge on any atom is 0.0340 e. The molecular weight excluding hydrogens is 244 g/mol. The van der Waals surface area contributed by atoms with E-state index in [4.69, 9.17) is 5.73 Å². The molecule has 0 amide bonds. The van der Waals surface area contributed by atoms with E-state index >= 15 is 0 Å². The first-order valence-electron chi connectivity index (χ1n) is 8.34. The van der Waals surface area contributed by atoms with E-state index in [0.29, 0.717) is 6.04 Å². The molecule has 0 saturated heterocycles. The van der Waals surface area contributed by atoms with E-state index in [1.807, 2.05) is 0 Å². The predicted molar refractivity (Wildman–Crippen MR) is 83.4 cm³/mol. The number of nitrogens with two attached hydrogens (primary N) is 1. The third-order valence-electron chi connectivity index (χ3n) is 6.11. The number of benzene rings is 1. The fraction of sp³-hybridized carbons (Fsp3) is 0.667. The Hall–Kier alpha value is -1.02. The van der Waals surface area contributed by atoms with Gasteiger partial charge in [-0.25, -0.2) is 0 Å². The zero-order chi connectivity index (χ0) is 13.5. The normalized spacial score (nSPS) is 39.8. The maximum absolute atomic E-state index is 6.58. The van der Waals surface area contributed by atoms with Crippen molar-refractivity contribution in [3.05, 3.63) is 30.3 Å². The minimum atomic E-state index is 0.324. The molecule has 1 atom stereocenters. The average Bonchev–Trinajstić information content (AvgIpc) is 2.45. The molecule has 4 saturated carbocycles. The highest BCUT2D eigenvalue weighted by molar-refractivity contribution is 5.42. The molecule has 0 spiro atoms. The SMILES string of the molecule is NC(CNc1ccccc1)C1C2CC3CC(C2)CC1C3. The topological polar surface area (TPSA) is 38.0 Å². The predicted octanol–water partition coefficient (Wildman–Crippen LogP) is 3.50. The van der Waals surface area contributed by atoms with Gasteiger partial charge in [-0.2, -0.15) is 0 Å². The summed E-state index contributed by atoms with van der Waals surface area (Å²) in [7, 11) is 0. The second-order valence-corrected chi connectivity index (χ2v) is 7.42. The molecule has 20 heavy (non-hydrogen) atoms. The van der Waals surface area contributed by atoms with Crippen molar-refractivity contribution in [2.24, 2.45) is 35.3 Å². The van der Waals surface area contributed by atoms with Crippen molar-refractivity contribution in [3.8, 4) is 0 Å². The van der Waals surface area contributed by atoms with Gasteiger partial charge in [0.2, 0.25) is 0 Å². The third-order valence-corrected chi connectivity index (χ3v) is 6.11. The van der Waals surface area contributed by atoms with Gasteiger partial charge in [0, 0.05) is 18.3 Å². The van der Waals surface area contributed by atoms with Crippen molar-refractivity contribution in [2.75, 3.05) is 11.9 Å². The summed E-state index contributed by atoms with van der Waals surface area (Å²) in [5.74, 6) is 4.72. The molecule has 0 aliphatic heterocycles. The van der Waals surface area contributed by atoms with E-state index in [-0.39, 0.29) is 0 Å². The lowest BCUT2D eigenvalue weighted by molar-refractivity contribution is -0.0449. The Balaban J connectivity index is 1.40.